The second-order valence-corrected chi connectivity index (χ2v) is 6.21. The maximum Gasteiger partial charge on any atom is 0.162 e. The van der Waals surface area contributed by atoms with Crippen LogP contribution in [-0.4, -0.2) is 39.3 Å². The highest BCUT2D eigenvalue weighted by Gasteiger charge is 2.40. The Morgan fingerprint density at radius 1 is 1.22 bits per heavy atom. The molecule has 0 aromatic heterocycles. The van der Waals surface area contributed by atoms with E-state index in [4.69, 9.17) is 24.5 Å². The zero-order chi connectivity index (χ0) is 16.8. The summed E-state index contributed by atoms with van der Waals surface area (Å²) in [5.74, 6) is 0.195. The molecule has 7 nitrogen and oxygen atoms in total. The van der Waals surface area contributed by atoms with E-state index in [0.717, 1.165) is 11.3 Å². The molecule has 126 valence electrons. The molecule has 1 fully saturated rings. The number of nitrogens with zero attached hydrogens (tertiary/aromatic N) is 3. The third-order valence-electron chi connectivity index (χ3n) is 3.76. The highest BCUT2D eigenvalue weighted by atomic mass is 16.7. The van der Waals surface area contributed by atoms with Gasteiger partial charge in [-0.2, -0.15) is 0 Å². The number of methoxy groups -OCH3 is 1. The van der Waals surface area contributed by atoms with Gasteiger partial charge in [0.15, 0.2) is 5.79 Å². The molecule has 0 bridgehead atoms. The molecule has 23 heavy (non-hydrogen) atoms. The summed E-state index contributed by atoms with van der Waals surface area (Å²) in [6.07, 6.45) is 0. The highest BCUT2D eigenvalue weighted by Crippen LogP contribution is 2.31. The van der Waals surface area contributed by atoms with Crippen LogP contribution in [0.4, 0.5) is 0 Å². The van der Waals surface area contributed by atoms with Gasteiger partial charge in [-0.05, 0) is 37.1 Å². The zero-order valence-electron chi connectivity index (χ0n) is 13.8. The lowest BCUT2D eigenvalue weighted by Crippen LogP contribution is -2.50. The van der Waals surface area contributed by atoms with E-state index < -0.39 is 11.2 Å². The molecule has 0 radical (unpaired) electrons. The van der Waals surface area contributed by atoms with Gasteiger partial charge in [-0.25, -0.2) is 0 Å². The normalized spacial score (nSPS) is 18.9. The number of benzene rings is 1. The third kappa shape index (κ3) is 5.11. The van der Waals surface area contributed by atoms with Crippen molar-refractivity contribution in [3.05, 3.63) is 40.3 Å². The van der Waals surface area contributed by atoms with Crippen LogP contribution in [0.25, 0.3) is 10.4 Å². The lowest BCUT2D eigenvalue weighted by atomic mass is 9.90. The van der Waals surface area contributed by atoms with Gasteiger partial charge in [0, 0.05) is 16.9 Å². The van der Waals surface area contributed by atoms with Crippen LogP contribution < -0.4 is 4.74 Å². The highest BCUT2D eigenvalue weighted by molar-refractivity contribution is 5.26. The Labute approximate surface area is 136 Å². The van der Waals surface area contributed by atoms with E-state index in [1.54, 1.807) is 7.11 Å². The summed E-state index contributed by atoms with van der Waals surface area (Å²) >= 11 is 0. The molecule has 0 saturated carbocycles. The fourth-order valence-corrected chi connectivity index (χ4v) is 2.25. The fourth-order valence-electron chi connectivity index (χ4n) is 2.25. The summed E-state index contributed by atoms with van der Waals surface area (Å²) in [7, 11) is 1.63. The molecule has 1 aliphatic rings. The molecule has 7 heteroatoms. The van der Waals surface area contributed by atoms with E-state index in [-0.39, 0.29) is 6.54 Å². The van der Waals surface area contributed by atoms with E-state index in [9.17, 15) is 0 Å². The van der Waals surface area contributed by atoms with Gasteiger partial charge in [0.2, 0.25) is 0 Å². The summed E-state index contributed by atoms with van der Waals surface area (Å²) in [6.45, 7) is 5.73. The molecule has 2 rings (SSSR count). The number of ether oxygens (including phenoxy) is 4. The van der Waals surface area contributed by atoms with Crippen molar-refractivity contribution in [2.24, 2.45) is 10.5 Å². The SMILES string of the molecule is COc1ccc(COCC2(CN=[N+]=[N-])COC(C)(C)OC2)cc1. The summed E-state index contributed by atoms with van der Waals surface area (Å²) in [5, 5.41) is 3.69. The quantitative estimate of drug-likeness (QED) is 0.438. The Hall–Kier alpha value is -1.79. The van der Waals surface area contributed by atoms with Crippen molar-refractivity contribution >= 4 is 0 Å². The van der Waals surface area contributed by atoms with Crippen LogP contribution in [0.3, 0.4) is 0 Å². The molecule has 0 N–H and O–H groups in total. The second-order valence-electron chi connectivity index (χ2n) is 6.21. The van der Waals surface area contributed by atoms with Gasteiger partial charge in [0.25, 0.3) is 0 Å². The molecule has 0 aliphatic carbocycles. The standard InChI is InChI=1S/C16H23N3O4/c1-15(2)22-11-16(12-23-15,9-18-19-17)10-21-8-13-4-6-14(20-3)7-5-13/h4-7H,8-12H2,1-3H3. The molecule has 1 aromatic carbocycles. The van der Waals surface area contributed by atoms with Crippen molar-refractivity contribution < 1.29 is 18.9 Å². The van der Waals surface area contributed by atoms with Crippen molar-refractivity contribution in [3.8, 4) is 5.75 Å². The van der Waals surface area contributed by atoms with Gasteiger partial charge in [0.1, 0.15) is 5.75 Å². The molecule has 1 heterocycles. The monoisotopic (exact) mass is 321 g/mol. The fraction of sp³-hybridized carbons (Fsp3) is 0.625. The van der Waals surface area contributed by atoms with E-state index in [1.807, 2.05) is 38.1 Å². The average molecular weight is 321 g/mol. The number of azide groups is 1. The Morgan fingerprint density at radius 2 is 1.87 bits per heavy atom. The van der Waals surface area contributed by atoms with Crippen LogP contribution in [0.2, 0.25) is 0 Å². The minimum Gasteiger partial charge on any atom is -0.497 e. The van der Waals surface area contributed by atoms with E-state index in [1.165, 1.54) is 0 Å². The van der Waals surface area contributed by atoms with E-state index in [0.29, 0.717) is 26.4 Å². The smallest absolute Gasteiger partial charge is 0.162 e. The van der Waals surface area contributed by atoms with Crippen LogP contribution in [0, 0.1) is 5.41 Å². The molecular formula is C16H23N3O4. The Balaban J connectivity index is 1.91. The van der Waals surface area contributed by atoms with E-state index in [2.05, 4.69) is 10.0 Å². The number of rotatable bonds is 7. The van der Waals surface area contributed by atoms with Gasteiger partial charge >= 0.3 is 0 Å². The van der Waals surface area contributed by atoms with Crippen molar-refractivity contribution in [2.75, 3.05) is 33.5 Å². The summed E-state index contributed by atoms with van der Waals surface area (Å²) in [4.78, 5) is 2.84. The zero-order valence-corrected chi connectivity index (χ0v) is 13.8. The Bertz CT molecular complexity index is 543. The van der Waals surface area contributed by atoms with Gasteiger partial charge in [-0.3, -0.25) is 0 Å². The van der Waals surface area contributed by atoms with Crippen LogP contribution in [-0.2, 0) is 20.8 Å². The van der Waals surface area contributed by atoms with Gasteiger partial charge in [-0.1, -0.05) is 17.2 Å². The topological polar surface area (TPSA) is 85.7 Å². The first-order valence-electron chi connectivity index (χ1n) is 7.48. The minimum absolute atomic E-state index is 0.280. The van der Waals surface area contributed by atoms with Crippen LogP contribution in [0.1, 0.15) is 19.4 Å². The van der Waals surface area contributed by atoms with Crippen LogP contribution >= 0.6 is 0 Å². The number of hydrogen-bond donors (Lipinski definition) is 0. The molecule has 0 spiro atoms. The number of hydrogen-bond acceptors (Lipinski definition) is 5. The second kappa shape index (κ2) is 7.66. The summed E-state index contributed by atoms with van der Waals surface area (Å²) < 4.78 is 22.4. The van der Waals surface area contributed by atoms with Gasteiger partial charge < -0.3 is 18.9 Å². The van der Waals surface area contributed by atoms with E-state index >= 15 is 0 Å². The molecular weight excluding hydrogens is 298 g/mol. The van der Waals surface area contributed by atoms with Crippen molar-refractivity contribution in [3.63, 3.8) is 0 Å². The first-order chi connectivity index (χ1) is 11.0. The molecule has 0 atom stereocenters. The van der Waals surface area contributed by atoms with Gasteiger partial charge in [0.05, 0.1) is 33.5 Å². The van der Waals surface area contributed by atoms with Crippen molar-refractivity contribution in [2.45, 2.75) is 26.2 Å². The predicted molar refractivity (Wildman–Crippen MR) is 85.1 cm³/mol. The minimum atomic E-state index is -0.615. The Kier molecular flexibility index (Phi) is 5.85. The van der Waals surface area contributed by atoms with Gasteiger partial charge in [-0.15, -0.1) is 0 Å². The molecule has 1 aromatic rings. The van der Waals surface area contributed by atoms with Crippen LogP contribution in [0.5, 0.6) is 5.75 Å². The lowest BCUT2D eigenvalue weighted by Gasteiger charge is -2.42. The third-order valence-corrected chi connectivity index (χ3v) is 3.76. The summed E-state index contributed by atoms with van der Waals surface area (Å²) in [6, 6.07) is 7.69. The largest absolute Gasteiger partial charge is 0.497 e. The first-order valence-corrected chi connectivity index (χ1v) is 7.48. The molecule has 1 aliphatic heterocycles. The van der Waals surface area contributed by atoms with Crippen LogP contribution in [0.15, 0.2) is 29.4 Å². The maximum absolute atomic E-state index is 8.59. The molecule has 0 amide bonds. The molecule has 0 unspecified atom stereocenters. The first kappa shape index (κ1) is 17.6. The molecule has 1 saturated heterocycles. The predicted octanol–water partition coefficient (Wildman–Crippen LogP) is 3.29. The lowest BCUT2D eigenvalue weighted by molar-refractivity contribution is -0.290. The van der Waals surface area contributed by atoms with Crippen molar-refractivity contribution in [1.29, 1.82) is 0 Å². The maximum atomic E-state index is 8.59. The summed E-state index contributed by atoms with van der Waals surface area (Å²) in [5.41, 5.74) is 9.18. The van der Waals surface area contributed by atoms with Crippen molar-refractivity contribution in [1.82, 2.24) is 0 Å². The Morgan fingerprint density at radius 3 is 2.43 bits per heavy atom. The average Bonchev–Trinajstić information content (AvgIpc) is 2.56.